The van der Waals surface area contributed by atoms with Gasteiger partial charge in [0.15, 0.2) is 0 Å². The Labute approximate surface area is 106 Å². The highest BCUT2D eigenvalue weighted by Crippen LogP contribution is 2.31. The van der Waals surface area contributed by atoms with Crippen molar-refractivity contribution in [1.82, 2.24) is 14.7 Å². The van der Waals surface area contributed by atoms with Crippen LogP contribution in [0.25, 0.3) is 0 Å². The molecular formula is C12H17N3O3. The van der Waals surface area contributed by atoms with Crippen molar-refractivity contribution in [3.05, 3.63) is 0 Å². The van der Waals surface area contributed by atoms with Crippen LogP contribution < -0.4 is 0 Å². The van der Waals surface area contributed by atoms with Crippen LogP contribution in [0.4, 0.5) is 4.79 Å². The topological polar surface area (TPSA) is 60.9 Å². The van der Waals surface area contributed by atoms with Crippen molar-refractivity contribution in [2.45, 2.75) is 38.3 Å². The van der Waals surface area contributed by atoms with Gasteiger partial charge in [-0.05, 0) is 26.2 Å². The molecule has 0 radical (unpaired) electrons. The lowest BCUT2D eigenvalue weighted by Gasteiger charge is -2.21. The van der Waals surface area contributed by atoms with Gasteiger partial charge in [-0.15, -0.1) is 0 Å². The van der Waals surface area contributed by atoms with E-state index in [1.165, 1.54) is 4.90 Å². The Hall–Kier alpha value is -1.59. The Morgan fingerprint density at radius 3 is 2.44 bits per heavy atom. The third-order valence-corrected chi connectivity index (χ3v) is 4.19. The molecule has 98 valence electrons. The van der Waals surface area contributed by atoms with Gasteiger partial charge in [0.25, 0.3) is 5.91 Å². The maximum atomic E-state index is 12.2. The lowest BCUT2D eigenvalue weighted by Crippen LogP contribution is -2.46. The van der Waals surface area contributed by atoms with E-state index in [1.807, 2.05) is 6.92 Å². The number of hydrogen-bond donors (Lipinski definition) is 0. The van der Waals surface area contributed by atoms with Crippen LogP contribution in [-0.4, -0.2) is 64.3 Å². The molecule has 3 aliphatic heterocycles. The van der Waals surface area contributed by atoms with E-state index in [4.69, 9.17) is 0 Å². The standard InChI is InChI=1S/C12H17N3O3/c1-2-13-7-5-9(10(13)16)15-11(17)8-4-3-6-14(8)12(15)18/h8-9H,2-7H2,1H3/t8-,9?/m1/s1. The second kappa shape index (κ2) is 3.96. The first-order chi connectivity index (χ1) is 8.65. The minimum atomic E-state index is -0.560. The number of amides is 4. The van der Waals surface area contributed by atoms with Crippen LogP contribution in [0.5, 0.6) is 0 Å². The molecule has 0 bridgehead atoms. The fraction of sp³-hybridized carbons (Fsp3) is 0.750. The first kappa shape index (κ1) is 11.5. The average molecular weight is 251 g/mol. The molecule has 0 saturated carbocycles. The number of fused-ring (bicyclic) bond motifs is 1. The number of nitrogens with zero attached hydrogens (tertiary/aromatic N) is 3. The fourth-order valence-corrected chi connectivity index (χ4v) is 3.21. The zero-order valence-electron chi connectivity index (χ0n) is 10.5. The first-order valence-corrected chi connectivity index (χ1v) is 6.57. The van der Waals surface area contributed by atoms with Crippen LogP contribution in [-0.2, 0) is 9.59 Å². The maximum absolute atomic E-state index is 12.2. The average Bonchev–Trinajstić information content (AvgIpc) is 3.01. The van der Waals surface area contributed by atoms with Crippen molar-refractivity contribution in [3.63, 3.8) is 0 Å². The van der Waals surface area contributed by atoms with Crippen LogP contribution in [0.2, 0.25) is 0 Å². The molecule has 2 atom stereocenters. The molecule has 1 unspecified atom stereocenters. The number of carbonyl (C=O) groups excluding carboxylic acids is 3. The van der Waals surface area contributed by atoms with Gasteiger partial charge in [0.2, 0.25) is 5.91 Å². The number of carbonyl (C=O) groups is 3. The molecule has 4 amide bonds. The minimum Gasteiger partial charge on any atom is -0.341 e. The predicted molar refractivity (Wildman–Crippen MR) is 62.6 cm³/mol. The zero-order valence-corrected chi connectivity index (χ0v) is 10.5. The van der Waals surface area contributed by atoms with E-state index in [2.05, 4.69) is 0 Å². The number of rotatable bonds is 2. The van der Waals surface area contributed by atoms with Crippen LogP contribution in [0.15, 0.2) is 0 Å². The highest BCUT2D eigenvalue weighted by Gasteiger charge is 2.52. The van der Waals surface area contributed by atoms with E-state index in [0.717, 1.165) is 12.8 Å². The first-order valence-electron chi connectivity index (χ1n) is 6.57. The quantitative estimate of drug-likeness (QED) is 0.651. The lowest BCUT2D eigenvalue weighted by atomic mass is 10.1. The summed E-state index contributed by atoms with van der Waals surface area (Å²) >= 11 is 0. The van der Waals surface area contributed by atoms with Gasteiger partial charge in [-0.25, -0.2) is 9.69 Å². The number of likely N-dealkylation sites (N-methyl/N-ethyl adjacent to an activating group) is 1. The second-order valence-corrected chi connectivity index (χ2v) is 5.06. The SMILES string of the molecule is CCN1CCC(N2C(=O)[C@H]3CCCN3C2=O)C1=O. The molecule has 18 heavy (non-hydrogen) atoms. The van der Waals surface area contributed by atoms with E-state index < -0.39 is 6.04 Å². The molecule has 0 aromatic rings. The molecule has 3 fully saturated rings. The number of urea groups is 1. The van der Waals surface area contributed by atoms with E-state index >= 15 is 0 Å². The summed E-state index contributed by atoms with van der Waals surface area (Å²) in [6.07, 6.45) is 2.19. The monoisotopic (exact) mass is 251 g/mol. The number of likely N-dealkylation sites (tertiary alicyclic amines) is 1. The smallest absolute Gasteiger partial charge is 0.328 e. The highest BCUT2D eigenvalue weighted by molar-refractivity contribution is 6.08. The second-order valence-electron chi connectivity index (χ2n) is 5.06. The van der Waals surface area contributed by atoms with Gasteiger partial charge in [-0.1, -0.05) is 0 Å². The van der Waals surface area contributed by atoms with E-state index in [-0.39, 0.29) is 23.9 Å². The summed E-state index contributed by atoms with van der Waals surface area (Å²) in [6, 6.07) is -1.13. The molecule has 0 aromatic heterocycles. The molecule has 3 aliphatic rings. The molecule has 0 N–H and O–H groups in total. The van der Waals surface area contributed by atoms with Gasteiger partial charge < -0.3 is 9.80 Å². The van der Waals surface area contributed by atoms with Crippen LogP contribution in [0, 0.1) is 0 Å². The fourth-order valence-electron chi connectivity index (χ4n) is 3.21. The molecular weight excluding hydrogens is 234 g/mol. The van der Waals surface area contributed by atoms with Gasteiger partial charge in [0.1, 0.15) is 12.1 Å². The Kier molecular flexibility index (Phi) is 2.53. The summed E-state index contributed by atoms with van der Waals surface area (Å²) in [4.78, 5) is 41.0. The normalized spacial score (nSPS) is 31.8. The van der Waals surface area contributed by atoms with Gasteiger partial charge in [-0.3, -0.25) is 9.59 Å². The number of hydrogen-bond acceptors (Lipinski definition) is 3. The summed E-state index contributed by atoms with van der Waals surface area (Å²) in [5.41, 5.74) is 0. The lowest BCUT2D eigenvalue weighted by molar-refractivity contribution is -0.138. The Bertz CT molecular complexity index is 401. The largest absolute Gasteiger partial charge is 0.341 e. The minimum absolute atomic E-state index is 0.0830. The molecule has 6 nitrogen and oxygen atoms in total. The molecule has 6 heteroatoms. The summed E-state index contributed by atoms with van der Waals surface area (Å²) in [6.45, 7) is 3.83. The molecule has 0 aliphatic carbocycles. The Balaban J connectivity index is 1.83. The van der Waals surface area contributed by atoms with Gasteiger partial charge in [0.05, 0.1) is 0 Å². The van der Waals surface area contributed by atoms with Crippen molar-refractivity contribution in [1.29, 1.82) is 0 Å². The summed E-state index contributed by atoms with van der Waals surface area (Å²) in [7, 11) is 0. The predicted octanol–water partition coefficient (Wildman–Crippen LogP) is 0.0338. The molecule has 3 saturated heterocycles. The van der Waals surface area contributed by atoms with Crippen molar-refractivity contribution in [3.8, 4) is 0 Å². The van der Waals surface area contributed by atoms with E-state index in [0.29, 0.717) is 26.1 Å². The van der Waals surface area contributed by atoms with Crippen LogP contribution in [0.3, 0.4) is 0 Å². The summed E-state index contributed by atoms with van der Waals surface area (Å²) in [5, 5.41) is 0. The molecule has 0 aromatic carbocycles. The van der Waals surface area contributed by atoms with Crippen molar-refractivity contribution >= 4 is 17.8 Å². The Morgan fingerprint density at radius 1 is 1.06 bits per heavy atom. The van der Waals surface area contributed by atoms with Crippen molar-refractivity contribution in [2.75, 3.05) is 19.6 Å². The molecule has 3 rings (SSSR count). The van der Waals surface area contributed by atoms with Crippen molar-refractivity contribution in [2.24, 2.45) is 0 Å². The van der Waals surface area contributed by atoms with E-state index in [9.17, 15) is 14.4 Å². The number of imide groups is 1. The van der Waals surface area contributed by atoms with Crippen molar-refractivity contribution < 1.29 is 14.4 Å². The highest BCUT2D eigenvalue weighted by atomic mass is 16.2. The third-order valence-electron chi connectivity index (χ3n) is 4.19. The van der Waals surface area contributed by atoms with Gasteiger partial charge in [0, 0.05) is 19.6 Å². The zero-order chi connectivity index (χ0) is 12.9. The summed E-state index contributed by atoms with van der Waals surface area (Å²) in [5.74, 6) is -0.255. The maximum Gasteiger partial charge on any atom is 0.328 e. The van der Waals surface area contributed by atoms with Gasteiger partial charge in [-0.2, -0.15) is 0 Å². The van der Waals surface area contributed by atoms with Crippen LogP contribution in [0.1, 0.15) is 26.2 Å². The molecule has 3 heterocycles. The summed E-state index contributed by atoms with van der Waals surface area (Å²) < 4.78 is 0. The van der Waals surface area contributed by atoms with E-state index in [1.54, 1.807) is 9.80 Å². The van der Waals surface area contributed by atoms with Crippen LogP contribution >= 0.6 is 0 Å². The molecule has 0 spiro atoms. The van der Waals surface area contributed by atoms with Gasteiger partial charge >= 0.3 is 6.03 Å². The third kappa shape index (κ3) is 1.38. The Morgan fingerprint density at radius 2 is 1.83 bits per heavy atom.